The summed E-state index contributed by atoms with van der Waals surface area (Å²) in [7, 11) is 0. The van der Waals surface area contributed by atoms with Gasteiger partial charge >= 0.3 is 0 Å². The second-order valence-electron chi connectivity index (χ2n) is 4.73. The molecular formula is C10H12N5O3. The van der Waals surface area contributed by atoms with E-state index < -0.39 is 24.5 Å². The number of aromatic nitrogens is 2. The van der Waals surface area contributed by atoms with Crippen molar-refractivity contribution in [3.63, 3.8) is 0 Å². The predicted octanol–water partition coefficient (Wildman–Crippen LogP) is -1.71. The third-order valence-corrected chi connectivity index (χ3v) is 3.71. The lowest BCUT2D eigenvalue weighted by atomic mass is 10.1. The van der Waals surface area contributed by atoms with Gasteiger partial charge in [0.2, 0.25) is 0 Å². The molecule has 4 N–H and O–H groups in total. The van der Waals surface area contributed by atoms with Crippen molar-refractivity contribution < 1.29 is 14.9 Å². The molecule has 2 bridgehead atoms. The second kappa shape index (κ2) is 3.22. The summed E-state index contributed by atoms with van der Waals surface area (Å²) in [4.78, 5) is 9.80. The van der Waals surface area contributed by atoms with Gasteiger partial charge in [0, 0.05) is 6.42 Å². The van der Waals surface area contributed by atoms with Crippen LogP contribution in [0, 0.1) is 0 Å². The number of nitrogens with two attached hydrogens (primary N) is 1. The Labute approximate surface area is 102 Å². The van der Waals surface area contributed by atoms with Crippen molar-refractivity contribution in [2.24, 2.45) is 0 Å². The van der Waals surface area contributed by atoms with E-state index in [4.69, 9.17) is 10.5 Å². The van der Waals surface area contributed by atoms with Gasteiger partial charge in [-0.1, -0.05) is 0 Å². The van der Waals surface area contributed by atoms with Crippen LogP contribution < -0.4 is 16.0 Å². The maximum atomic E-state index is 10.2. The number of rotatable bonds is 0. The van der Waals surface area contributed by atoms with E-state index in [9.17, 15) is 10.2 Å². The van der Waals surface area contributed by atoms with Gasteiger partial charge in [0.25, 0.3) is 0 Å². The summed E-state index contributed by atoms with van der Waals surface area (Å²) in [6, 6.07) is 0. The first kappa shape index (κ1) is 10.3. The standard InChI is InChI=1S/C10H12N5O3/c11-8-5-9(13-2-12-8)15-4-1-3(16)7(18-4)6(17)10(15)14-5/h2-4,6-7,10,16-17H,1H2,(H2,11,12,13)/t3-,4+,6+,7-,10+/m0/s1. The number of ether oxygens (including phenoxy) is 1. The fourth-order valence-electron chi connectivity index (χ4n) is 2.89. The zero-order valence-electron chi connectivity index (χ0n) is 9.34. The number of anilines is 2. The highest BCUT2D eigenvalue weighted by Gasteiger charge is 2.56. The van der Waals surface area contributed by atoms with Crippen LogP contribution in [0.3, 0.4) is 0 Å². The molecule has 3 aliphatic rings. The zero-order chi connectivity index (χ0) is 12.4. The molecule has 0 spiro atoms. The highest BCUT2D eigenvalue weighted by molar-refractivity contribution is 5.76. The first-order valence-electron chi connectivity index (χ1n) is 5.78. The number of fused-ring (bicyclic) bond motifs is 6. The molecule has 3 aliphatic heterocycles. The van der Waals surface area contributed by atoms with Gasteiger partial charge in [-0.3, -0.25) is 0 Å². The van der Waals surface area contributed by atoms with E-state index >= 15 is 0 Å². The summed E-state index contributed by atoms with van der Waals surface area (Å²) in [5.41, 5.74) is 6.25. The minimum atomic E-state index is -0.896. The van der Waals surface area contributed by atoms with E-state index in [1.807, 2.05) is 0 Å². The number of hydrogen-bond donors (Lipinski definition) is 3. The number of nitrogens with zero attached hydrogens (tertiary/aromatic N) is 4. The molecule has 8 nitrogen and oxygen atoms in total. The monoisotopic (exact) mass is 250 g/mol. The number of hydrogen-bond acceptors (Lipinski definition) is 7. The van der Waals surface area contributed by atoms with Crippen LogP contribution in [0.1, 0.15) is 6.42 Å². The third kappa shape index (κ3) is 1.10. The maximum Gasteiger partial charge on any atom is 0.163 e. The SMILES string of the molecule is Nc1ncnc2c1[N][C@H]1[C@H](O)[C@H]3O[C@H](C[C@@H]3O)N21. The highest BCUT2D eigenvalue weighted by atomic mass is 16.6. The van der Waals surface area contributed by atoms with Crippen LogP contribution in [-0.4, -0.2) is 50.9 Å². The fourth-order valence-corrected chi connectivity index (χ4v) is 2.89. The summed E-state index contributed by atoms with van der Waals surface area (Å²) >= 11 is 0. The Morgan fingerprint density at radius 2 is 2.22 bits per heavy atom. The Bertz CT molecular complexity index is 512. The molecule has 8 heteroatoms. The van der Waals surface area contributed by atoms with Crippen molar-refractivity contribution >= 4 is 17.3 Å². The smallest absolute Gasteiger partial charge is 0.163 e. The molecule has 1 radical (unpaired) electrons. The molecule has 4 heterocycles. The summed E-state index contributed by atoms with van der Waals surface area (Å²) in [5.74, 6) is 0.849. The van der Waals surface area contributed by atoms with Gasteiger partial charge in [-0.25, -0.2) is 15.3 Å². The molecule has 1 aromatic rings. The molecule has 5 atom stereocenters. The summed E-state index contributed by atoms with van der Waals surface area (Å²) in [5, 5.41) is 24.4. The lowest BCUT2D eigenvalue weighted by Gasteiger charge is -2.38. The van der Waals surface area contributed by atoms with Gasteiger partial charge in [-0.15, -0.1) is 0 Å². The fraction of sp³-hybridized carbons (Fsp3) is 0.600. The van der Waals surface area contributed by atoms with Crippen LogP contribution in [0.15, 0.2) is 6.33 Å². The van der Waals surface area contributed by atoms with Crippen molar-refractivity contribution in [3.8, 4) is 0 Å². The van der Waals surface area contributed by atoms with Crippen molar-refractivity contribution in [3.05, 3.63) is 6.33 Å². The van der Waals surface area contributed by atoms with E-state index in [-0.39, 0.29) is 12.0 Å². The third-order valence-electron chi connectivity index (χ3n) is 3.71. The van der Waals surface area contributed by atoms with Crippen molar-refractivity contribution in [2.75, 3.05) is 10.6 Å². The van der Waals surface area contributed by atoms with E-state index in [1.165, 1.54) is 6.33 Å². The number of nitrogen functional groups attached to an aromatic ring is 1. The molecule has 0 aliphatic carbocycles. The van der Waals surface area contributed by atoms with Crippen LogP contribution in [-0.2, 0) is 4.74 Å². The first-order chi connectivity index (χ1) is 8.66. The summed E-state index contributed by atoms with van der Waals surface area (Å²) in [6.45, 7) is 0. The van der Waals surface area contributed by atoms with Gasteiger partial charge in [0.05, 0.1) is 6.10 Å². The predicted molar refractivity (Wildman–Crippen MR) is 59.8 cm³/mol. The van der Waals surface area contributed by atoms with Crippen LogP contribution in [0.4, 0.5) is 17.3 Å². The molecule has 0 unspecified atom stereocenters. The van der Waals surface area contributed by atoms with Crippen molar-refractivity contribution in [1.29, 1.82) is 0 Å². The molecule has 18 heavy (non-hydrogen) atoms. The lowest BCUT2D eigenvalue weighted by Crippen LogP contribution is -2.58. The average Bonchev–Trinajstić information content (AvgIpc) is 2.88. The van der Waals surface area contributed by atoms with E-state index in [0.29, 0.717) is 17.9 Å². The van der Waals surface area contributed by atoms with Crippen molar-refractivity contribution in [2.45, 2.75) is 37.1 Å². The van der Waals surface area contributed by atoms with Crippen LogP contribution in [0.5, 0.6) is 0 Å². The average molecular weight is 250 g/mol. The number of aliphatic hydroxyl groups is 2. The topological polar surface area (TPSA) is 119 Å². The minimum absolute atomic E-state index is 0.290. The summed E-state index contributed by atoms with van der Waals surface area (Å²) in [6.07, 6.45) is -1.20. The van der Waals surface area contributed by atoms with Crippen LogP contribution in [0.25, 0.3) is 0 Å². The molecule has 95 valence electrons. The van der Waals surface area contributed by atoms with Gasteiger partial charge in [0.1, 0.15) is 30.5 Å². The van der Waals surface area contributed by atoms with Gasteiger partial charge in [0.15, 0.2) is 17.8 Å². The Morgan fingerprint density at radius 1 is 1.39 bits per heavy atom. The van der Waals surface area contributed by atoms with E-state index in [0.717, 1.165) is 0 Å². The Kier molecular flexibility index (Phi) is 1.84. The minimum Gasteiger partial charge on any atom is -0.390 e. The molecule has 0 aromatic carbocycles. The molecule has 0 saturated carbocycles. The molecule has 0 amide bonds. The Hall–Kier alpha value is -1.64. The Balaban J connectivity index is 1.82. The first-order valence-corrected chi connectivity index (χ1v) is 5.78. The second-order valence-corrected chi connectivity index (χ2v) is 4.73. The lowest BCUT2D eigenvalue weighted by molar-refractivity contribution is -0.107. The van der Waals surface area contributed by atoms with E-state index in [2.05, 4.69) is 15.3 Å². The molecule has 4 rings (SSSR count). The zero-order valence-corrected chi connectivity index (χ0v) is 9.34. The van der Waals surface area contributed by atoms with Crippen LogP contribution in [0.2, 0.25) is 0 Å². The van der Waals surface area contributed by atoms with Gasteiger partial charge in [-0.2, -0.15) is 0 Å². The van der Waals surface area contributed by atoms with Gasteiger partial charge in [-0.05, 0) is 0 Å². The van der Waals surface area contributed by atoms with Gasteiger partial charge < -0.3 is 25.6 Å². The Morgan fingerprint density at radius 3 is 3.06 bits per heavy atom. The number of aliphatic hydroxyl groups excluding tert-OH is 2. The quantitative estimate of drug-likeness (QED) is 0.501. The van der Waals surface area contributed by atoms with Crippen LogP contribution >= 0.6 is 0 Å². The highest BCUT2D eigenvalue weighted by Crippen LogP contribution is 2.45. The normalized spacial score (nSPS) is 40.3. The van der Waals surface area contributed by atoms with E-state index in [1.54, 1.807) is 4.90 Å². The van der Waals surface area contributed by atoms with Crippen molar-refractivity contribution in [1.82, 2.24) is 15.3 Å². The molecule has 2 saturated heterocycles. The maximum absolute atomic E-state index is 10.2. The molecular weight excluding hydrogens is 238 g/mol. The molecule has 2 fully saturated rings. The molecule has 1 aromatic heterocycles. The largest absolute Gasteiger partial charge is 0.390 e. The summed E-state index contributed by atoms with van der Waals surface area (Å²) < 4.78 is 5.60.